The zero-order valence-electron chi connectivity index (χ0n) is 17.2. The molecule has 0 spiro atoms. The molecule has 5 heteroatoms. The number of aromatic amines is 1. The lowest BCUT2D eigenvalue weighted by Gasteiger charge is -2.23. The lowest BCUT2D eigenvalue weighted by molar-refractivity contribution is 0.225. The number of nitrogens with zero attached hydrogens (tertiary/aromatic N) is 3. The molecule has 28 heavy (non-hydrogen) atoms. The largest absolute Gasteiger partial charge is 0.348 e. The van der Waals surface area contributed by atoms with Gasteiger partial charge in [0.05, 0.1) is 6.33 Å². The maximum absolute atomic E-state index is 12.2. The van der Waals surface area contributed by atoms with E-state index in [0.717, 1.165) is 17.8 Å². The van der Waals surface area contributed by atoms with E-state index in [1.807, 2.05) is 18.3 Å². The minimum atomic E-state index is -0.0431. The first kappa shape index (κ1) is 19.7. The number of carbonyl (C=O) groups is 1. The molecule has 0 fully saturated rings. The summed E-state index contributed by atoms with van der Waals surface area (Å²) in [6.45, 7) is 4.33. The number of amides is 2. The smallest absolute Gasteiger partial charge is 0.323 e. The van der Waals surface area contributed by atoms with Gasteiger partial charge < -0.3 is 9.88 Å². The van der Waals surface area contributed by atoms with Gasteiger partial charge in [-0.1, -0.05) is 30.3 Å². The Morgan fingerprint density at radius 2 is 1.79 bits per heavy atom. The first-order chi connectivity index (χ1) is 13.4. The minimum absolute atomic E-state index is 0.0431. The van der Waals surface area contributed by atoms with Gasteiger partial charge in [0.15, 0.2) is 0 Å². The molecule has 2 amide bonds. The van der Waals surface area contributed by atoms with Crippen LogP contribution < -0.4 is 4.90 Å². The summed E-state index contributed by atoms with van der Waals surface area (Å²) in [4.78, 5) is 22.9. The number of aromatic nitrogens is 2. The summed E-state index contributed by atoms with van der Waals surface area (Å²) < 4.78 is 0. The van der Waals surface area contributed by atoms with Crippen LogP contribution in [0.25, 0.3) is 0 Å². The van der Waals surface area contributed by atoms with Crippen molar-refractivity contribution in [3.8, 4) is 0 Å². The highest BCUT2D eigenvalue weighted by Gasteiger charge is 2.19. The molecule has 1 unspecified atom stereocenters. The molecule has 3 aromatic rings. The fourth-order valence-electron chi connectivity index (χ4n) is 3.50. The highest BCUT2D eigenvalue weighted by atomic mass is 16.2. The average molecular weight is 377 g/mol. The highest BCUT2D eigenvalue weighted by Crippen LogP contribution is 2.31. The van der Waals surface area contributed by atoms with Gasteiger partial charge in [0.25, 0.3) is 0 Å². The van der Waals surface area contributed by atoms with Gasteiger partial charge in [-0.3, -0.25) is 4.90 Å². The van der Waals surface area contributed by atoms with E-state index in [9.17, 15) is 4.79 Å². The Labute approximate surface area is 167 Å². The van der Waals surface area contributed by atoms with Crippen LogP contribution in [0.15, 0.2) is 55.0 Å². The van der Waals surface area contributed by atoms with Gasteiger partial charge in [-0.2, -0.15) is 0 Å². The molecule has 3 rings (SSSR count). The number of carbonyl (C=O) groups excluding carboxylic acids is 1. The molecule has 0 aliphatic rings. The third kappa shape index (κ3) is 4.09. The Bertz CT molecular complexity index is 930. The van der Waals surface area contributed by atoms with Crippen LogP contribution >= 0.6 is 0 Å². The molecule has 0 aliphatic heterocycles. The molecule has 1 heterocycles. The number of rotatable bonds is 5. The summed E-state index contributed by atoms with van der Waals surface area (Å²) in [6.07, 6.45) is 4.50. The van der Waals surface area contributed by atoms with Gasteiger partial charge >= 0.3 is 6.03 Å². The van der Waals surface area contributed by atoms with Crippen LogP contribution in [0.4, 0.5) is 10.5 Å². The van der Waals surface area contributed by atoms with Gasteiger partial charge in [-0.25, -0.2) is 9.78 Å². The topological polar surface area (TPSA) is 52.2 Å². The van der Waals surface area contributed by atoms with Crippen LogP contribution in [0.2, 0.25) is 0 Å². The summed E-state index contributed by atoms with van der Waals surface area (Å²) in [5.41, 5.74) is 7.13. The Kier molecular flexibility index (Phi) is 5.83. The maximum atomic E-state index is 12.2. The van der Waals surface area contributed by atoms with E-state index >= 15 is 0 Å². The van der Waals surface area contributed by atoms with Crippen LogP contribution in [0.3, 0.4) is 0 Å². The van der Waals surface area contributed by atoms with Gasteiger partial charge in [0.1, 0.15) is 0 Å². The van der Waals surface area contributed by atoms with Gasteiger partial charge in [-0.15, -0.1) is 0 Å². The van der Waals surface area contributed by atoms with Crippen molar-refractivity contribution in [2.75, 3.05) is 26.0 Å². The second-order valence-electron chi connectivity index (χ2n) is 7.46. The van der Waals surface area contributed by atoms with E-state index in [-0.39, 0.29) is 11.9 Å². The standard InChI is InChI=1S/C23H28N4O/c1-16-7-6-8-20(17(16)2)21(22-14-24-15-25-22)13-18-9-11-19(12-10-18)27(5)23(28)26(3)4/h6-12,14-15,21H,13H2,1-5H3,(H,24,25). The van der Waals surface area contributed by atoms with Crippen molar-refractivity contribution in [1.82, 2.24) is 14.9 Å². The molecule has 1 aromatic heterocycles. The monoisotopic (exact) mass is 376 g/mol. The predicted molar refractivity (Wildman–Crippen MR) is 114 cm³/mol. The Hall–Kier alpha value is -3.08. The highest BCUT2D eigenvalue weighted by molar-refractivity contribution is 5.91. The lowest BCUT2D eigenvalue weighted by Crippen LogP contribution is -2.36. The van der Waals surface area contributed by atoms with Gasteiger partial charge in [0, 0.05) is 44.6 Å². The Morgan fingerprint density at radius 1 is 1.07 bits per heavy atom. The predicted octanol–water partition coefficient (Wildman–Crippen LogP) is 4.52. The number of hydrogen-bond donors (Lipinski definition) is 1. The van der Waals surface area contributed by atoms with Gasteiger partial charge in [-0.05, 0) is 54.7 Å². The number of benzene rings is 2. The normalized spacial score (nSPS) is 11.9. The molecule has 0 aliphatic carbocycles. The summed E-state index contributed by atoms with van der Waals surface area (Å²) in [5, 5.41) is 0. The van der Waals surface area contributed by atoms with E-state index in [1.165, 1.54) is 22.3 Å². The molecule has 1 atom stereocenters. The average Bonchev–Trinajstić information content (AvgIpc) is 3.22. The third-order valence-corrected chi connectivity index (χ3v) is 5.35. The number of anilines is 1. The molecule has 0 saturated heterocycles. The molecule has 2 aromatic carbocycles. The second-order valence-corrected chi connectivity index (χ2v) is 7.46. The van der Waals surface area contributed by atoms with E-state index in [4.69, 9.17) is 0 Å². The molecule has 0 radical (unpaired) electrons. The quantitative estimate of drug-likeness (QED) is 0.712. The van der Waals surface area contributed by atoms with E-state index in [2.05, 4.69) is 54.1 Å². The van der Waals surface area contributed by atoms with Crippen LogP contribution in [0.1, 0.15) is 33.9 Å². The molecule has 5 nitrogen and oxygen atoms in total. The van der Waals surface area contributed by atoms with Crippen LogP contribution in [0.5, 0.6) is 0 Å². The maximum Gasteiger partial charge on any atom is 0.323 e. The first-order valence-electron chi connectivity index (χ1n) is 9.46. The summed E-state index contributed by atoms with van der Waals surface area (Å²) in [7, 11) is 5.31. The van der Waals surface area contributed by atoms with Crippen molar-refractivity contribution in [2.24, 2.45) is 0 Å². The number of urea groups is 1. The SMILES string of the molecule is Cc1cccc(C(Cc2ccc(N(C)C(=O)N(C)C)cc2)c2cnc[nH]2)c1C. The number of nitrogens with one attached hydrogen (secondary N) is 1. The molecule has 146 valence electrons. The fraction of sp³-hybridized carbons (Fsp3) is 0.304. The molecule has 0 bridgehead atoms. The van der Waals surface area contributed by atoms with Crippen molar-refractivity contribution in [3.05, 3.63) is 82.9 Å². The lowest BCUT2D eigenvalue weighted by atomic mass is 9.85. The van der Waals surface area contributed by atoms with E-state index in [1.54, 1.807) is 37.3 Å². The second kappa shape index (κ2) is 8.30. The van der Waals surface area contributed by atoms with Crippen LogP contribution in [-0.2, 0) is 6.42 Å². The zero-order chi connectivity index (χ0) is 20.3. The van der Waals surface area contributed by atoms with E-state index < -0.39 is 0 Å². The first-order valence-corrected chi connectivity index (χ1v) is 9.46. The van der Waals surface area contributed by atoms with Crippen molar-refractivity contribution in [3.63, 3.8) is 0 Å². The van der Waals surface area contributed by atoms with E-state index in [0.29, 0.717) is 0 Å². The number of imidazole rings is 1. The number of hydrogen-bond acceptors (Lipinski definition) is 2. The fourth-order valence-corrected chi connectivity index (χ4v) is 3.50. The molecular formula is C23H28N4O. The van der Waals surface area contributed by atoms with Crippen molar-refractivity contribution in [2.45, 2.75) is 26.2 Å². The van der Waals surface area contributed by atoms with Crippen molar-refractivity contribution < 1.29 is 4.79 Å². The summed E-state index contributed by atoms with van der Waals surface area (Å²) in [6, 6.07) is 14.6. The minimum Gasteiger partial charge on any atom is -0.348 e. The third-order valence-electron chi connectivity index (χ3n) is 5.35. The van der Waals surface area contributed by atoms with Crippen molar-refractivity contribution >= 4 is 11.7 Å². The zero-order valence-corrected chi connectivity index (χ0v) is 17.2. The van der Waals surface area contributed by atoms with Crippen LogP contribution in [-0.4, -0.2) is 42.0 Å². The molecule has 0 saturated carbocycles. The Balaban J connectivity index is 1.88. The number of aryl methyl sites for hydroxylation is 1. The summed E-state index contributed by atoms with van der Waals surface area (Å²) in [5.74, 6) is 0.203. The van der Waals surface area contributed by atoms with Crippen LogP contribution in [0, 0.1) is 13.8 Å². The number of H-pyrrole nitrogens is 1. The summed E-state index contributed by atoms with van der Waals surface area (Å²) >= 11 is 0. The van der Waals surface area contributed by atoms with Gasteiger partial charge in [0.2, 0.25) is 0 Å². The van der Waals surface area contributed by atoms with Crippen molar-refractivity contribution in [1.29, 1.82) is 0 Å². The Morgan fingerprint density at radius 3 is 2.39 bits per heavy atom. The molecular weight excluding hydrogens is 348 g/mol. The molecule has 1 N–H and O–H groups in total.